The summed E-state index contributed by atoms with van der Waals surface area (Å²) in [5.74, 6) is 2.51. The van der Waals surface area contributed by atoms with E-state index in [-0.39, 0.29) is 6.04 Å². The largest absolute Gasteiger partial charge is 0.468 e. The van der Waals surface area contributed by atoms with Gasteiger partial charge in [0.15, 0.2) is 5.82 Å². The predicted molar refractivity (Wildman–Crippen MR) is 118 cm³/mol. The molecular formula is C24H25N5O. The quantitative estimate of drug-likeness (QED) is 0.496. The molecule has 6 nitrogen and oxygen atoms in total. The summed E-state index contributed by atoms with van der Waals surface area (Å²) >= 11 is 0. The summed E-state index contributed by atoms with van der Waals surface area (Å²) in [6.45, 7) is 2.91. The average molecular weight is 399 g/mol. The van der Waals surface area contributed by atoms with Gasteiger partial charge in [-0.2, -0.15) is 0 Å². The highest BCUT2D eigenvalue weighted by Crippen LogP contribution is 2.28. The number of anilines is 1. The van der Waals surface area contributed by atoms with E-state index in [0.29, 0.717) is 5.82 Å². The number of pyridine rings is 1. The van der Waals surface area contributed by atoms with E-state index in [1.807, 2.05) is 36.4 Å². The summed E-state index contributed by atoms with van der Waals surface area (Å²) < 4.78 is 5.80. The maximum Gasteiger partial charge on any atom is 0.163 e. The Balaban J connectivity index is 1.47. The molecule has 0 spiro atoms. The van der Waals surface area contributed by atoms with E-state index >= 15 is 0 Å². The van der Waals surface area contributed by atoms with E-state index < -0.39 is 0 Å². The zero-order valence-electron chi connectivity index (χ0n) is 16.9. The standard InChI is InChI=1S/C24H25N5O/c1-4-13-29(14-5-1)21(22-11-7-15-30-22)17-26-24-19-9-2-3-10-20(19)27-23(28-24)18-8-6-12-25-16-18/h2-3,6-12,15-16,21H,1,4-5,13-14,17H2,(H,26,27,28)/t21-/m0/s1. The molecule has 1 fully saturated rings. The molecule has 1 aliphatic rings. The van der Waals surface area contributed by atoms with Gasteiger partial charge in [0.1, 0.15) is 11.6 Å². The summed E-state index contributed by atoms with van der Waals surface area (Å²) in [5.41, 5.74) is 1.83. The molecule has 0 saturated carbocycles. The first-order valence-electron chi connectivity index (χ1n) is 10.6. The number of rotatable bonds is 6. The van der Waals surface area contributed by atoms with Crippen LogP contribution in [0.25, 0.3) is 22.3 Å². The van der Waals surface area contributed by atoms with Crippen LogP contribution in [0.3, 0.4) is 0 Å². The van der Waals surface area contributed by atoms with Crippen molar-refractivity contribution >= 4 is 16.7 Å². The number of piperidine rings is 1. The lowest BCUT2D eigenvalue weighted by Gasteiger charge is -2.33. The molecule has 1 atom stereocenters. The van der Waals surface area contributed by atoms with Gasteiger partial charge in [0.2, 0.25) is 0 Å². The first-order valence-corrected chi connectivity index (χ1v) is 10.6. The molecule has 1 aliphatic heterocycles. The third-order valence-corrected chi connectivity index (χ3v) is 5.69. The molecule has 1 N–H and O–H groups in total. The first kappa shape index (κ1) is 18.8. The van der Waals surface area contributed by atoms with Gasteiger partial charge in [-0.1, -0.05) is 18.6 Å². The molecule has 4 aromatic rings. The smallest absolute Gasteiger partial charge is 0.163 e. The van der Waals surface area contributed by atoms with Crippen LogP contribution in [0.1, 0.15) is 31.1 Å². The number of para-hydroxylation sites is 1. The highest BCUT2D eigenvalue weighted by Gasteiger charge is 2.24. The van der Waals surface area contributed by atoms with Crippen molar-refractivity contribution in [2.75, 3.05) is 25.0 Å². The van der Waals surface area contributed by atoms with Gasteiger partial charge in [-0.25, -0.2) is 9.97 Å². The van der Waals surface area contributed by atoms with Gasteiger partial charge in [-0.3, -0.25) is 9.88 Å². The van der Waals surface area contributed by atoms with E-state index in [9.17, 15) is 0 Å². The molecular weight excluding hydrogens is 374 g/mol. The molecule has 0 radical (unpaired) electrons. The zero-order chi connectivity index (χ0) is 20.2. The lowest BCUT2D eigenvalue weighted by molar-refractivity contribution is 0.153. The van der Waals surface area contributed by atoms with E-state index in [4.69, 9.17) is 14.4 Å². The normalized spacial score (nSPS) is 15.9. The van der Waals surface area contributed by atoms with E-state index in [1.54, 1.807) is 18.7 Å². The molecule has 0 unspecified atom stereocenters. The number of likely N-dealkylation sites (tertiary alicyclic amines) is 1. The van der Waals surface area contributed by atoms with Crippen LogP contribution >= 0.6 is 0 Å². The Labute approximate surface area is 176 Å². The molecule has 4 heterocycles. The predicted octanol–water partition coefficient (Wildman–Crippen LogP) is 4.92. The molecule has 152 valence electrons. The number of aromatic nitrogens is 3. The minimum absolute atomic E-state index is 0.177. The van der Waals surface area contributed by atoms with E-state index in [1.165, 1.54) is 19.3 Å². The Kier molecular flexibility index (Phi) is 5.40. The van der Waals surface area contributed by atoms with Gasteiger partial charge in [-0.15, -0.1) is 0 Å². The number of nitrogens with zero attached hydrogens (tertiary/aromatic N) is 4. The first-order chi connectivity index (χ1) is 14.9. The van der Waals surface area contributed by atoms with Gasteiger partial charge < -0.3 is 9.73 Å². The molecule has 1 saturated heterocycles. The number of furan rings is 1. The van der Waals surface area contributed by atoms with E-state index in [2.05, 4.69) is 27.3 Å². The maximum atomic E-state index is 5.80. The van der Waals surface area contributed by atoms with Crippen molar-refractivity contribution in [1.29, 1.82) is 0 Å². The van der Waals surface area contributed by atoms with Gasteiger partial charge >= 0.3 is 0 Å². The van der Waals surface area contributed by atoms with Crippen molar-refractivity contribution in [2.45, 2.75) is 25.3 Å². The number of hydrogen-bond donors (Lipinski definition) is 1. The summed E-state index contributed by atoms with van der Waals surface area (Å²) in [4.78, 5) is 16.3. The second kappa shape index (κ2) is 8.63. The third-order valence-electron chi connectivity index (χ3n) is 5.69. The zero-order valence-corrected chi connectivity index (χ0v) is 16.9. The highest BCUT2D eigenvalue weighted by atomic mass is 16.3. The monoisotopic (exact) mass is 399 g/mol. The number of hydrogen-bond acceptors (Lipinski definition) is 6. The van der Waals surface area contributed by atoms with Crippen molar-refractivity contribution in [1.82, 2.24) is 19.9 Å². The molecule has 1 aromatic carbocycles. The molecule has 30 heavy (non-hydrogen) atoms. The second-order valence-electron chi connectivity index (χ2n) is 7.66. The number of benzene rings is 1. The van der Waals surface area contributed by atoms with Crippen molar-refractivity contribution in [3.05, 3.63) is 72.9 Å². The second-order valence-corrected chi connectivity index (χ2v) is 7.66. The van der Waals surface area contributed by atoms with Gasteiger partial charge in [-0.05, 0) is 62.3 Å². The van der Waals surface area contributed by atoms with Crippen LogP contribution in [-0.4, -0.2) is 39.5 Å². The molecule has 3 aromatic heterocycles. The summed E-state index contributed by atoms with van der Waals surface area (Å²) in [5, 5.41) is 4.63. The third kappa shape index (κ3) is 3.91. The molecule has 0 aliphatic carbocycles. The van der Waals surface area contributed by atoms with Crippen LogP contribution in [0.4, 0.5) is 5.82 Å². The van der Waals surface area contributed by atoms with Crippen LogP contribution in [0.15, 0.2) is 71.6 Å². The van der Waals surface area contributed by atoms with E-state index in [0.717, 1.165) is 47.7 Å². The minimum atomic E-state index is 0.177. The van der Waals surface area contributed by atoms with Crippen LogP contribution in [0, 0.1) is 0 Å². The van der Waals surface area contributed by atoms with Crippen LogP contribution in [0.2, 0.25) is 0 Å². The Morgan fingerprint density at radius 1 is 0.967 bits per heavy atom. The van der Waals surface area contributed by atoms with Crippen molar-refractivity contribution in [3.8, 4) is 11.4 Å². The van der Waals surface area contributed by atoms with Crippen molar-refractivity contribution < 1.29 is 4.42 Å². The average Bonchev–Trinajstić information content (AvgIpc) is 3.35. The van der Waals surface area contributed by atoms with Crippen LogP contribution in [-0.2, 0) is 0 Å². The highest BCUT2D eigenvalue weighted by molar-refractivity contribution is 5.90. The Morgan fingerprint density at radius 2 is 1.87 bits per heavy atom. The molecule has 0 bridgehead atoms. The van der Waals surface area contributed by atoms with Crippen LogP contribution < -0.4 is 5.32 Å². The fraction of sp³-hybridized carbons (Fsp3) is 0.292. The minimum Gasteiger partial charge on any atom is -0.468 e. The fourth-order valence-electron chi connectivity index (χ4n) is 4.15. The summed E-state index contributed by atoms with van der Waals surface area (Å²) in [7, 11) is 0. The van der Waals surface area contributed by atoms with Gasteiger partial charge in [0.25, 0.3) is 0 Å². The molecule has 6 heteroatoms. The molecule has 5 rings (SSSR count). The Bertz CT molecular complexity index is 1090. The summed E-state index contributed by atoms with van der Waals surface area (Å²) in [6, 6.07) is 16.2. The fourth-order valence-corrected chi connectivity index (χ4v) is 4.15. The number of fused-ring (bicyclic) bond motifs is 1. The van der Waals surface area contributed by atoms with Crippen LogP contribution in [0.5, 0.6) is 0 Å². The van der Waals surface area contributed by atoms with Gasteiger partial charge in [0, 0.05) is 29.9 Å². The Hall–Kier alpha value is -3.25. The topological polar surface area (TPSA) is 67.1 Å². The van der Waals surface area contributed by atoms with Gasteiger partial charge in [0.05, 0.1) is 17.8 Å². The molecule has 0 amide bonds. The summed E-state index contributed by atoms with van der Waals surface area (Å²) in [6.07, 6.45) is 9.09. The van der Waals surface area contributed by atoms with Crippen molar-refractivity contribution in [2.24, 2.45) is 0 Å². The SMILES string of the molecule is c1cncc(-c2nc(NC[C@@H](c3ccco3)N3CCCCC3)c3ccccc3n2)c1. The Morgan fingerprint density at radius 3 is 2.67 bits per heavy atom. The lowest BCUT2D eigenvalue weighted by Crippen LogP contribution is -2.37. The number of nitrogens with one attached hydrogen (secondary N) is 1. The maximum absolute atomic E-state index is 5.80. The lowest BCUT2D eigenvalue weighted by atomic mass is 10.1. The van der Waals surface area contributed by atoms with Crippen molar-refractivity contribution in [3.63, 3.8) is 0 Å².